The Kier molecular flexibility index (Phi) is 4.83. The third-order valence-electron chi connectivity index (χ3n) is 5.69. The Hall–Kier alpha value is -0.340. The Balaban J connectivity index is 1.55. The molecule has 2 saturated carbocycles. The van der Waals surface area contributed by atoms with Crippen molar-refractivity contribution >= 4 is 11.3 Å². The Morgan fingerprint density at radius 1 is 1.10 bits per heavy atom. The van der Waals surface area contributed by atoms with Crippen molar-refractivity contribution in [1.82, 2.24) is 0 Å². The van der Waals surface area contributed by atoms with Crippen molar-refractivity contribution in [2.75, 3.05) is 0 Å². The van der Waals surface area contributed by atoms with Crippen molar-refractivity contribution in [2.24, 2.45) is 23.5 Å². The topological polar surface area (TPSA) is 26.0 Å². The summed E-state index contributed by atoms with van der Waals surface area (Å²) in [5, 5.41) is 0. The molecule has 0 aliphatic heterocycles. The first kappa shape index (κ1) is 14.6. The molecular formula is C18H29NS. The van der Waals surface area contributed by atoms with Gasteiger partial charge in [0.15, 0.2) is 0 Å². The Labute approximate surface area is 128 Å². The fraction of sp³-hybridized carbons (Fsp3) is 0.778. The number of fused-ring (bicyclic) bond motifs is 1. The highest BCUT2D eigenvalue weighted by molar-refractivity contribution is 7.11. The zero-order valence-corrected chi connectivity index (χ0v) is 13.6. The maximum absolute atomic E-state index is 6.56. The minimum absolute atomic E-state index is 0.390. The maximum atomic E-state index is 6.56. The lowest BCUT2D eigenvalue weighted by Crippen LogP contribution is -2.38. The van der Waals surface area contributed by atoms with E-state index in [0.717, 1.165) is 30.6 Å². The van der Waals surface area contributed by atoms with Crippen molar-refractivity contribution in [3.63, 3.8) is 0 Å². The molecule has 4 atom stereocenters. The fourth-order valence-electron chi connectivity index (χ4n) is 4.42. The SMILES string of the molecule is CCc1ccc(CC(N)C2CCC3CCCCC3C2)s1. The first-order valence-corrected chi connectivity index (χ1v) is 9.41. The maximum Gasteiger partial charge on any atom is 0.0116 e. The first-order chi connectivity index (χ1) is 9.76. The molecule has 3 rings (SSSR count). The molecule has 2 aliphatic carbocycles. The van der Waals surface area contributed by atoms with Gasteiger partial charge in [-0.2, -0.15) is 0 Å². The Bertz CT molecular complexity index is 425. The van der Waals surface area contributed by atoms with Crippen LogP contribution < -0.4 is 5.73 Å². The van der Waals surface area contributed by atoms with Gasteiger partial charge in [0.1, 0.15) is 0 Å². The van der Waals surface area contributed by atoms with Crippen LogP contribution in [0.25, 0.3) is 0 Å². The molecule has 1 aromatic rings. The third-order valence-corrected chi connectivity index (χ3v) is 6.94. The van der Waals surface area contributed by atoms with Crippen LogP contribution in [-0.2, 0) is 12.8 Å². The van der Waals surface area contributed by atoms with Crippen LogP contribution in [0.3, 0.4) is 0 Å². The van der Waals surface area contributed by atoms with Crippen molar-refractivity contribution in [1.29, 1.82) is 0 Å². The molecule has 2 N–H and O–H groups in total. The quantitative estimate of drug-likeness (QED) is 0.848. The van der Waals surface area contributed by atoms with Crippen LogP contribution in [0.5, 0.6) is 0 Å². The lowest BCUT2D eigenvalue weighted by Gasteiger charge is -2.41. The van der Waals surface area contributed by atoms with E-state index in [2.05, 4.69) is 19.1 Å². The molecule has 0 radical (unpaired) electrons. The van der Waals surface area contributed by atoms with Gasteiger partial charge in [-0.15, -0.1) is 11.3 Å². The molecule has 2 aliphatic rings. The molecule has 2 fully saturated rings. The summed E-state index contributed by atoms with van der Waals surface area (Å²) in [6, 6.07) is 4.97. The molecule has 1 aromatic heterocycles. The van der Waals surface area contributed by atoms with E-state index in [9.17, 15) is 0 Å². The van der Waals surface area contributed by atoms with Crippen molar-refractivity contribution < 1.29 is 0 Å². The molecule has 112 valence electrons. The predicted octanol–water partition coefficient (Wildman–Crippen LogP) is 4.79. The zero-order valence-electron chi connectivity index (χ0n) is 12.8. The number of hydrogen-bond acceptors (Lipinski definition) is 2. The van der Waals surface area contributed by atoms with Crippen LogP contribution >= 0.6 is 11.3 Å². The van der Waals surface area contributed by atoms with E-state index in [0.29, 0.717) is 6.04 Å². The molecule has 2 heteroatoms. The molecule has 0 aromatic carbocycles. The molecule has 0 saturated heterocycles. The van der Waals surface area contributed by atoms with Crippen molar-refractivity contribution in [2.45, 2.75) is 70.8 Å². The lowest BCUT2D eigenvalue weighted by atomic mass is 9.66. The second-order valence-corrected chi connectivity index (χ2v) is 8.22. The van der Waals surface area contributed by atoms with E-state index in [1.807, 2.05) is 11.3 Å². The zero-order chi connectivity index (χ0) is 13.9. The largest absolute Gasteiger partial charge is 0.327 e. The molecule has 0 spiro atoms. The monoisotopic (exact) mass is 291 g/mol. The summed E-state index contributed by atoms with van der Waals surface area (Å²) in [6.07, 6.45) is 12.4. The number of aryl methyl sites for hydroxylation is 1. The summed E-state index contributed by atoms with van der Waals surface area (Å²) < 4.78 is 0. The second kappa shape index (κ2) is 6.62. The van der Waals surface area contributed by atoms with Gasteiger partial charge in [0.05, 0.1) is 0 Å². The number of hydrogen-bond donors (Lipinski definition) is 1. The van der Waals surface area contributed by atoms with Crippen molar-refractivity contribution in [3.8, 4) is 0 Å². The van der Waals surface area contributed by atoms with E-state index in [-0.39, 0.29) is 0 Å². The highest BCUT2D eigenvalue weighted by Crippen LogP contribution is 2.43. The summed E-state index contributed by atoms with van der Waals surface area (Å²) in [7, 11) is 0. The van der Waals surface area contributed by atoms with Crippen LogP contribution in [0.4, 0.5) is 0 Å². The van der Waals surface area contributed by atoms with Crippen LogP contribution in [0, 0.1) is 17.8 Å². The smallest absolute Gasteiger partial charge is 0.0116 e. The predicted molar refractivity (Wildman–Crippen MR) is 88.2 cm³/mol. The van der Waals surface area contributed by atoms with Crippen LogP contribution in [-0.4, -0.2) is 6.04 Å². The van der Waals surface area contributed by atoms with E-state index in [1.165, 1.54) is 54.7 Å². The van der Waals surface area contributed by atoms with Crippen LogP contribution in [0.15, 0.2) is 12.1 Å². The van der Waals surface area contributed by atoms with Crippen LogP contribution in [0.1, 0.15) is 61.6 Å². The van der Waals surface area contributed by atoms with Gasteiger partial charge in [0, 0.05) is 15.8 Å². The fourth-order valence-corrected chi connectivity index (χ4v) is 5.45. The van der Waals surface area contributed by atoms with Gasteiger partial charge in [0.25, 0.3) is 0 Å². The first-order valence-electron chi connectivity index (χ1n) is 8.59. The van der Waals surface area contributed by atoms with Gasteiger partial charge in [-0.25, -0.2) is 0 Å². The molecule has 1 nitrogen and oxygen atoms in total. The van der Waals surface area contributed by atoms with E-state index < -0.39 is 0 Å². The number of nitrogens with two attached hydrogens (primary N) is 1. The van der Waals surface area contributed by atoms with Crippen LogP contribution in [0.2, 0.25) is 0 Å². The average molecular weight is 292 g/mol. The van der Waals surface area contributed by atoms with E-state index in [1.54, 1.807) is 0 Å². The molecule has 0 amide bonds. The molecular weight excluding hydrogens is 262 g/mol. The van der Waals surface area contributed by atoms with Gasteiger partial charge < -0.3 is 5.73 Å². The summed E-state index contributed by atoms with van der Waals surface area (Å²) in [6.45, 7) is 2.24. The highest BCUT2D eigenvalue weighted by Gasteiger charge is 2.34. The van der Waals surface area contributed by atoms with E-state index >= 15 is 0 Å². The average Bonchev–Trinajstić information content (AvgIpc) is 2.94. The Morgan fingerprint density at radius 3 is 2.60 bits per heavy atom. The summed E-state index contributed by atoms with van der Waals surface area (Å²) in [5.74, 6) is 2.82. The summed E-state index contributed by atoms with van der Waals surface area (Å²) in [4.78, 5) is 3.00. The standard InChI is InChI=1S/C18H29NS/c1-2-16-9-10-17(20-16)12-18(19)15-8-7-13-5-3-4-6-14(13)11-15/h9-10,13-15,18H,2-8,11-12,19H2,1H3. The van der Waals surface area contributed by atoms with Crippen molar-refractivity contribution in [3.05, 3.63) is 21.9 Å². The highest BCUT2D eigenvalue weighted by atomic mass is 32.1. The lowest BCUT2D eigenvalue weighted by molar-refractivity contribution is 0.117. The Morgan fingerprint density at radius 2 is 1.85 bits per heavy atom. The van der Waals surface area contributed by atoms with E-state index in [4.69, 9.17) is 5.73 Å². The van der Waals surface area contributed by atoms with Gasteiger partial charge in [-0.3, -0.25) is 0 Å². The molecule has 1 heterocycles. The molecule has 0 bridgehead atoms. The normalized spacial score (nSPS) is 31.8. The summed E-state index contributed by atoms with van der Waals surface area (Å²) in [5.41, 5.74) is 6.56. The number of thiophene rings is 1. The minimum atomic E-state index is 0.390. The van der Waals surface area contributed by atoms with Gasteiger partial charge in [-0.05, 0) is 62.0 Å². The number of rotatable bonds is 4. The minimum Gasteiger partial charge on any atom is -0.327 e. The second-order valence-electron chi connectivity index (χ2n) is 6.97. The third kappa shape index (κ3) is 3.28. The van der Waals surface area contributed by atoms with Gasteiger partial charge in [0.2, 0.25) is 0 Å². The van der Waals surface area contributed by atoms with Gasteiger partial charge in [-0.1, -0.05) is 32.6 Å². The van der Waals surface area contributed by atoms with Gasteiger partial charge >= 0.3 is 0 Å². The molecule has 20 heavy (non-hydrogen) atoms. The molecule has 4 unspecified atom stereocenters. The summed E-state index contributed by atoms with van der Waals surface area (Å²) >= 11 is 1.97.